The van der Waals surface area contributed by atoms with Gasteiger partial charge in [0.1, 0.15) is 0 Å². The summed E-state index contributed by atoms with van der Waals surface area (Å²) in [5.41, 5.74) is 10.1. The van der Waals surface area contributed by atoms with Crippen molar-refractivity contribution in [2.24, 2.45) is 11.7 Å². The average Bonchev–Trinajstić information content (AvgIpc) is 2.77. The van der Waals surface area contributed by atoms with Gasteiger partial charge in [-0.05, 0) is 32.2 Å². The van der Waals surface area contributed by atoms with Crippen molar-refractivity contribution >= 4 is 11.0 Å². The lowest BCUT2D eigenvalue weighted by atomic mass is 9.73. The van der Waals surface area contributed by atoms with Crippen LogP contribution < -0.4 is 10.5 Å². The Bertz CT molecular complexity index is 588. The maximum atomic E-state index is 5.99. The molecule has 5 heteroatoms. The van der Waals surface area contributed by atoms with Crippen LogP contribution in [0.5, 0.6) is 6.01 Å². The number of hydrogen-bond acceptors (Lipinski definition) is 4. The number of nitrogens with two attached hydrogens (primary N) is 1. The van der Waals surface area contributed by atoms with Crippen LogP contribution in [0.2, 0.25) is 0 Å². The Labute approximate surface area is 112 Å². The molecule has 5 nitrogen and oxygen atoms in total. The molecule has 0 saturated heterocycles. The lowest BCUT2D eigenvalue weighted by molar-refractivity contribution is 0.265. The summed E-state index contributed by atoms with van der Waals surface area (Å²) in [5.74, 6) is 1.09. The van der Waals surface area contributed by atoms with E-state index in [4.69, 9.17) is 10.5 Å². The van der Waals surface area contributed by atoms with E-state index in [1.807, 2.05) is 13.1 Å². The lowest BCUT2D eigenvalue weighted by Crippen LogP contribution is -2.26. The van der Waals surface area contributed by atoms with Gasteiger partial charge in [0.25, 0.3) is 0 Å². The summed E-state index contributed by atoms with van der Waals surface area (Å²) in [6.07, 6.45) is 5.91. The minimum atomic E-state index is 0.390. The Morgan fingerprint density at radius 1 is 1.47 bits per heavy atom. The highest BCUT2D eigenvalue weighted by molar-refractivity contribution is 5.81. The van der Waals surface area contributed by atoms with E-state index in [-0.39, 0.29) is 0 Å². The third-order valence-corrected chi connectivity index (χ3v) is 4.27. The van der Waals surface area contributed by atoms with Crippen LogP contribution in [0.1, 0.15) is 36.4 Å². The van der Waals surface area contributed by atoms with Gasteiger partial charge in [0, 0.05) is 17.7 Å². The first-order valence-corrected chi connectivity index (χ1v) is 6.84. The highest BCUT2D eigenvalue weighted by Gasteiger charge is 2.30. The molecular weight excluding hydrogens is 240 g/mol. The largest absolute Gasteiger partial charge is 0.467 e. The summed E-state index contributed by atoms with van der Waals surface area (Å²) in [5, 5.41) is 0. The molecule has 1 aliphatic rings. The Morgan fingerprint density at radius 3 is 2.84 bits per heavy atom. The fraction of sp³-hybridized carbons (Fsp3) is 0.571. The highest BCUT2D eigenvalue weighted by atomic mass is 16.5. The molecule has 0 aromatic carbocycles. The van der Waals surface area contributed by atoms with Crippen molar-refractivity contribution in [1.29, 1.82) is 0 Å². The van der Waals surface area contributed by atoms with Crippen molar-refractivity contribution in [3.63, 3.8) is 0 Å². The summed E-state index contributed by atoms with van der Waals surface area (Å²) in [4.78, 5) is 12.1. The maximum absolute atomic E-state index is 5.99. The molecule has 1 unspecified atom stereocenters. The second-order valence-corrected chi connectivity index (χ2v) is 5.30. The fourth-order valence-electron chi connectivity index (χ4n) is 2.94. The quantitative estimate of drug-likeness (QED) is 0.882. The van der Waals surface area contributed by atoms with Crippen molar-refractivity contribution in [3.05, 3.63) is 17.5 Å². The molecule has 1 saturated carbocycles. The number of aryl methyl sites for hydroxylation is 1. The van der Waals surface area contributed by atoms with Gasteiger partial charge in [-0.25, -0.2) is 0 Å². The van der Waals surface area contributed by atoms with Crippen molar-refractivity contribution in [1.82, 2.24) is 15.0 Å². The SMILES string of the molecule is COc1nc(C)c2[nH]cc(C(CN)C3CCC3)c2n1. The second kappa shape index (κ2) is 4.81. The monoisotopic (exact) mass is 260 g/mol. The van der Waals surface area contributed by atoms with Gasteiger partial charge >= 0.3 is 6.01 Å². The number of rotatable bonds is 4. The van der Waals surface area contributed by atoms with E-state index in [0.717, 1.165) is 16.7 Å². The molecule has 2 heterocycles. The lowest BCUT2D eigenvalue weighted by Gasteiger charge is -2.32. The zero-order valence-corrected chi connectivity index (χ0v) is 11.4. The van der Waals surface area contributed by atoms with Crippen molar-refractivity contribution in [2.75, 3.05) is 13.7 Å². The van der Waals surface area contributed by atoms with Crippen molar-refractivity contribution < 1.29 is 4.74 Å². The van der Waals surface area contributed by atoms with Crippen LogP contribution in [-0.4, -0.2) is 28.6 Å². The summed E-state index contributed by atoms with van der Waals surface area (Å²) >= 11 is 0. The van der Waals surface area contributed by atoms with E-state index in [0.29, 0.717) is 24.4 Å². The summed E-state index contributed by atoms with van der Waals surface area (Å²) in [7, 11) is 1.60. The van der Waals surface area contributed by atoms with Gasteiger partial charge in [-0.1, -0.05) is 6.42 Å². The Hall–Kier alpha value is -1.62. The normalized spacial score (nSPS) is 17.4. The van der Waals surface area contributed by atoms with Gasteiger partial charge in [-0.2, -0.15) is 9.97 Å². The molecule has 0 amide bonds. The van der Waals surface area contributed by atoms with E-state index < -0.39 is 0 Å². The minimum absolute atomic E-state index is 0.390. The number of nitrogens with zero attached hydrogens (tertiary/aromatic N) is 2. The van der Waals surface area contributed by atoms with E-state index in [2.05, 4.69) is 15.0 Å². The predicted octanol–water partition coefficient (Wildman–Crippen LogP) is 2.12. The molecule has 0 radical (unpaired) electrons. The van der Waals surface area contributed by atoms with Gasteiger partial charge in [0.15, 0.2) is 0 Å². The molecule has 1 atom stereocenters. The number of methoxy groups -OCH3 is 1. The smallest absolute Gasteiger partial charge is 0.317 e. The van der Waals surface area contributed by atoms with E-state index >= 15 is 0 Å². The number of hydrogen-bond donors (Lipinski definition) is 2. The fourth-order valence-corrected chi connectivity index (χ4v) is 2.94. The summed E-state index contributed by atoms with van der Waals surface area (Å²) in [6.45, 7) is 2.64. The third kappa shape index (κ3) is 1.98. The number of aromatic amines is 1. The van der Waals surface area contributed by atoms with Crippen LogP contribution >= 0.6 is 0 Å². The van der Waals surface area contributed by atoms with Gasteiger partial charge in [0.05, 0.1) is 23.8 Å². The highest BCUT2D eigenvalue weighted by Crippen LogP contribution is 2.40. The Kier molecular flexibility index (Phi) is 3.14. The number of aromatic nitrogens is 3. The average molecular weight is 260 g/mol. The van der Waals surface area contributed by atoms with Gasteiger partial charge < -0.3 is 15.5 Å². The van der Waals surface area contributed by atoms with Crippen molar-refractivity contribution in [3.8, 4) is 6.01 Å². The molecule has 102 valence electrons. The van der Waals surface area contributed by atoms with Crippen LogP contribution in [0.4, 0.5) is 0 Å². The van der Waals surface area contributed by atoms with Crippen LogP contribution in [0.25, 0.3) is 11.0 Å². The zero-order chi connectivity index (χ0) is 13.4. The van der Waals surface area contributed by atoms with E-state index in [1.165, 1.54) is 24.8 Å². The molecule has 3 rings (SSSR count). The molecule has 0 spiro atoms. The minimum Gasteiger partial charge on any atom is -0.467 e. The third-order valence-electron chi connectivity index (χ3n) is 4.27. The molecule has 2 aromatic rings. The van der Waals surface area contributed by atoms with E-state index in [9.17, 15) is 0 Å². The summed E-state index contributed by atoms with van der Waals surface area (Å²) in [6, 6.07) is 0.426. The molecule has 19 heavy (non-hydrogen) atoms. The van der Waals surface area contributed by atoms with Crippen molar-refractivity contribution in [2.45, 2.75) is 32.1 Å². The zero-order valence-electron chi connectivity index (χ0n) is 11.4. The predicted molar refractivity (Wildman–Crippen MR) is 74.3 cm³/mol. The van der Waals surface area contributed by atoms with Crippen LogP contribution in [0.15, 0.2) is 6.20 Å². The number of ether oxygens (including phenoxy) is 1. The van der Waals surface area contributed by atoms with Crippen LogP contribution in [0.3, 0.4) is 0 Å². The molecule has 0 bridgehead atoms. The first-order valence-electron chi connectivity index (χ1n) is 6.84. The second-order valence-electron chi connectivity index (χ2n) is 5.30. The van der Waals surface area contributed by atoms with E-state index in [1.54, 1.807) is 7.11 Å². The first kappa shape index (κ1) is 12.4. The standard InChI is InChI=1S/C14H20N4O/c1-8-12-13(18-14(17-8)19-2)11(7-16-12)10(6-15)9-4-3-5-9/h7,9-10,16H,3-6,15H2,1-2H3. The van der Waals surface area contributed by atoms with Gasteiger partial charge in [-0.15, -0.1) is 0 Å². The molecule has 3 N–H and O–H groups in total. The van der Waals surface area contributed by atoms with Gasteiger partial charge in [-0.3, -0.25) is 0 Å². The molecule has 1 fully saturated rings. The van der Waals surface area contributed by atoms with Crippen LogP contribution in [-0.2, 0) is 0 Å². The molecule has 2 aromatic heterocycles. The molecular formula is C14H20N4O. The molecule has 1 aliphatic carbocycles. The Morgan fingerprint density at radius 2 is 2.26 bits per heavy atom. The molecule has 0 aliphatic heterocycles. The summed E-state index contributed by atoms with van der Waals surface area (Å²) < 4.78 is 5.17. The number of H-pyrrole nitrogens is 1. The number of fused-ring (bicyclic) bond motifs is 1. The van der Waals surface area contributed by atoms with Crippen LogP contribution in [0, 0.1) is 12.8 Å². The first-order chi connectivity index (χ1) is 9.24. The topological polar surface area (TPSA) is 76.8 Å². The maximum Gasteiger partial charge on any atom is 0.317 e. The Balaban J connectivity index is 2.09. The number of nitrogens with one attached hydrogen (secondary N) is 1. The van der Waals surface area contributed by atoms with Gasteiger partial charge in [0.2, 0.25) is 0 Å².